The smallest absolute Gasteiger partial charge is 0.347 e. The lowest BCUT2D eigenvalue weighted by molar-refractivity contribution is -0.152. The van der Waals surface area contributed by atoms with Gasteiger partial charge in [0.15, 0.2) is 5.60 Å². The number of hydrogen-bond donors (Lipinski definition) is 2. The van der Waals surface area contributed by atoms with Gasteiger partial charge < -0.3 is 29.5 Å². The number of nitrogens with zero attached hydrogens (tertiary/aromatic N) is 1. The lowest BCUT2D eigenvalue weighted by atomic mass is 9.94. The van der Waals surface area contributed by atoms with E-state index in [-0.39, 0.29) is 11.9 Å². The molecular formula is C38H50N2O6. The summed E-state index contributed by atoms with van der Waals surface area (Å²) in [6, 6.07) is 23.2. The number of carbonyl (C=O) groups is 2. The molecule has 3 aromatic carbocycles. The van der Waals surface area contributed by atoms with E-state index in [0.29, 0.717) is 37.1 Å². The predicted molar refractivity (Wildman–Crippen MR) is 182 cm³/mol. The number of carboxylic acids is 1. The Bertz CT molecular complexity index is 1380. The molecule has 0 aromatic heterocycles. The SMILES string of the molecule is CC(C)CC(NC(=O)Cc1ccc(OCCCCOc2ccc(OC(C)(C)C(=O)O)cc2)cc1)c1ccccc1N1CCCCC1. The Kier molecular flexibility index (Phi) is 12.8. The minimum Gasteiger partial charge on any atom is -0.494 e. The number of rotatable bonds is 17. The fourth-order valence-electron chi connectivity index (χ4n) is 5.60. The zero-order valence-electron chi connectivity index (χ0n) is 27.8. The first kappa shape index (κ1) is 34.7. The number of benzene rings is 3. The number of ether oxygens (including phenoxy) is 3. The van der Waals surface area contributed by atoms with Crippen molar-refractivity contribution < 1.29 is 28.9 Å². The second kappa shape index (κ2) is 16.9. The van der Waals surface area contributed by atoms with E-state index in [4.69, 9.17) is 14.2 Å². The summed E-state index contributed by atoms with van der Waals surface area (Å²) in [7, 11) is 0. The molecule has 1 unspecified atom stereocenters. The molecule has 4 rings (SSSR count). The molecule has 0 saturated carbocycles. The number of unbranched alkanes of at least 4 members (excludes halogenated alkanes) is 1. The van der Waals surface area contributed by atoms with Crippen molar-refractivity contribution in [2.75, 3.05) is 31.2 Å². The Labute approximate surface area is 274 Å². The Morgan fingerprint density at radius 1 is 0.826 bits per heavy atom. The van der Waals surface area contributed by atoms with Crippen molar-refractivity contribution in [3.8, 4) is 17.2 Å². The number of anilines is 1. The van der Waals surface area contributed by atoms with Crippen molar-refractivity contribution in [2.45, 2.75) is 84.3 Å². The molecule has 46 heavy (non-hydrogen) atoms. The summed E-state index contributed by atoms with van der Waals surface area (Å²) in [5.74, 6) is 1.41. The zero-order chi connectivity index (χ0) is 32.9. The van der Waals surface area contributed by atoms with Crippen LogP contribution in [0.15, 0.2) is 72.8 Å². The fraction of sp³-hybridized carbons (Fsp3) is 0.474. The zero-order valence-corrected chi connectivity index (χ0v) is 27.8. The van der Waals surface area contributed by atoms with Gasteiger partial charge >= 0.3 is 5.97 Å². The topological polar surface area (TPSA) is 97.3 Å². The van der Waals surface area contributed by atoms with Gasteiger partial charge in [-0.3, -0.25) is 4.79 Å². The van der Waals surface area contributed by atoms with Gasteiger partial charge in [-0.05, 0) is 112 Å². The average molecular weight is 631 g/mol. The summed E-state index contributed by atoms with van der Waals surface area (Å²) >= 11 is 0. The second-order valence-corrected chi connectivity index (χ2v) is 13.0. The van der Waals surface area contributed by atoms with Crippen molar-refractivity contribution in [2.24, 2.45) is 5.92 Å². The van der Waals surface area contributed by atoms with Gasteiger partial charge in [0.05, 0.1) is 25.7 Å². The van der Waals surface area contributed by atoms with Crippen LogP contribution in [0.25, 0.3) is 0 Å². The number of carboxylic acid groups (broad SMARTS) is 1. The molecule has 8 heteroatoms. The molecule has 2 N–H and O–H groups in total. The van der Waals surface area contributed by atoms with Crippen LogP contribution in [0.5, 0.6) is 17.2 Å². The van der Waals surface area contributed by atoms with E-state index < -0.39 is 11.6 Å². The van der Waals surface area contributed by atoms with Gasteiger partial charge in [-0.2, -0.15) is 0 Å². The van der Waals surface area contributed by atoms with E-state index in [9.17, 15) is 14.7 Å². The molecule has 1 fully saturated rings. The van der Waals surface area contributed by atoms with Crippen LogP contribution >= 0.6 is 0 Å². The molecule has 248 valence electrons. The third-order valence-corrected chi connectivity index (χ3v) is 8.13. The molecule has 1 amide bonds. The molecule has 0 aliphatic carbocycles. The first-order valence-corrected chi connectivity index (χ1v) is 16.6. The molecule has 1 atom stereocenters. The van der Waals surface area contributed by atoms with Crippen molar-refractivity contribution in [1.82, 2.24) is 5.32 Å². The third kappa shape index (κ3) is 10.7. The van der Waals surface area contributed by atoms with Crippen molar-refractivity contribution in [3.63, 3.8) is 0 Å². The van der Waals surface area contributed by atoms with Gasteiger partial charge in [-0.25, -0.2) is 4.79 Å². The maximum atomic E-state index is 13.2. The summed E-state index contributed by atoms with van der Waals surface area (Å²) in [5.41, 5.74) is 2.12. The largest absolute Gasteiger partial charge is 0.494 e. The van der Waals surface area contributed by atoms with Crippen LogP contribution in [0, 0.1) is 5.92 Å². The van der Waals surface area contributed by atoms with Gasteiger partial charge in [0.1, 0.15) is 17.2 Å². The minimum absolute atomic E-state index is 0.0261. The van der Waals surface area contributed by atoms with Gasteiger partial charge in [0.25, 0.3) is 0 Å². The highest BCUT2D eigenvalue weighted by Gasteiger charge is 2.29. The number of amides is 1. The third-order valence-electron chi connectivity index (χ3n) is 8.13. The van der Waals surface area contributed by atoms with Gasteiger partial charge in [-0.1, -0.05) is 44.2 Å². The van der Waals surface area contributed by atoms with Crippen LogP contribution in [-0.4, -0.2) is 48.9 Å². The van der Waals surface area contributed by atoms with Gasteiger partial charge in [0, 0.05) is 18.8 Å². The molecule has 1 saturated heterocycles. The predicted octanol–water partition coefficient (Wildman–Crippen LogP) is 7.60. The Hall–Kier alpha value is -4.20. The summed E-state index contributed by atoms with van der Waals surface area (Å²) in [5, 5.41) is 12.6. The summed E-state index contributed by atoms with van der Waals surface area (Å²) in [4.78, 5) is 26.9. The van der Waals surface area contributed by atoms with Crippen LogP contribution in [0.4, 0.5) is 5.69 Å². The highest BCUT2D eigenvalue weighted by Crippen LogP contribution is 2.32. The Morgan fingerprint density at radius 3 is 1.98 bits per heavy atom. The van der Waals surface area contributed by atoms with E-state index in [2.05, 4.69) is 48.3 Å². The second-order valence-electron chi connectivity index (χ2n) is 13.0. The van der Waals surface area contributed by atoms with E-state index in [0.717, 1.165) is 43.7 Å². The summed E-state index contributed by atoms with van der Waals surface area (Å²) < 4.78 is 17.2. The highest BCUT2D eigenvalue weighted by atomic mass is 16.5. The van der Waals surface area contributed by atoms with Crippen molar-refractivity contribution in [1.29, 1.82) is 0 Å². The number of piperidine rings is 1. The molecule has 1 heterocycles. The molecule has 1 aliphatic rings. The quantitative estimate of drug-likeness (QED) is 0.148. The van der Waals surface area contributed by atoms with Crippen LogP contribution in [0.1, 0.15) is 83.4 Å². The Balaban J connectivity index is 1.19. The highest BCUT2D eigenvalue weighted by molar-refractivity contribution is 5.79. The maximum absolute atomic E-state index is 13.2. The maximum Gasteiger partial charge on any atom is 0.347 e. The van der Waals surface area contributed by atoms with Crippen LogP contribution in [0.3, 0.4) is 0 Å². The first-order valence-electron chi connectivity index (χ1n) is 16.6. The van der Waals surface area contributed by atoms with Gasteiger partial charge in [-0.15, -0.1) is 0 Å². The fourth-order valence-corrected chi connectivity index (χ4v) is 5.60. The standard InChI is InChI=1S/C38H50N2O6/c1-28(2)26-34(33-12-6-7-13-35(33)40-22-8-5-9-23-40)39-36(41)27-29-14-16-30(17-15-29)44-24-10-11-25-45-31-18-20-32(21-19-31)46-38(3,4)37(42)43/h6-7,12-21,28,34H,5,8-11,22-27H2,1-4H3,(H,39,41)(H,42,43). The molecule has 3 aromatic rings. The average Bonchev–Trinajstić information content (AvgIpc) is 3.04. The molecule has 0 bridgehead atoms. The molecule has 8 nitrogen and oxygen atoms in total. The molecular weight excluding hydrogens is 580 g/mol. The van der Waals surface area contributed by atoms with Crippen molar-refractivity contribution >= 4 is 17.6 Å². The van der Waals surface area contributed by atoms with Gasteiger partial charge in [0.2, 0.25) is 5.91 Å². The lowest BCUT2D eigenvalue weighted by Gasteiger charge is -2.33. The normalized spacial score (nSPS) is 14.1. The molecule has 0 radical (unpaired) electrons. The molecule has 1 aliphatic heterocycles. The lowest BCUT2D eigenvalue weighted by Crippen LogP contribution is -2.37. The number of hydrogen-bond acceptors (Lipinski definition) is 6. The number of aliphatic carboxylic acids is 1. The molecule has 0 spiro atoms. The van der Waals surface area contributed by atoms with Crippen LogP contribution in [-0.2, 0) is 16.0 Å². The van der Waals surface area contributed by atoms with E-state index in [1.807, 2.05) is 24.3 Å². The van der Waals surface area contributed by atoms with E-state index in [1.54, 1.807) is 24.3 Å². The minimum atomic E-state index is -1.30. The monoisotopic (exact) mass is 630 g/mol. The van der Waals surface area contributed by atoms with Crippen molar-refractivity contribution in [3.05, 3.63) is 83.9 Å². The number of nitrogens with one attached hydrogen (secondary N) is 1. The van der Waals surface area contributed by atoms with Crippen LogP contribution < -0.4 is 24.4 Å². The van der Waals surface area contributed by atoms with E-state index in [1.165, 1.54) is 44.4 Å². The number of carbonyl (C=O) groups excluding carboxylic acids is 1. The van der Waals surface area contributed by atoms with E-state index >= 15 is 0 Å². The summed E-state index contributed by atoms with van der Waals surface area (Å²) in [6.45, 7) is 10.7. The Morgan fingerprint density at radius 2 is 1.39 bits per heavy atom. The number of para-hydroxylation sites is 1. The first-order chi connectivity index (χ1) is 22.1. The summed E-state index contributed by atoms with van der Waals surface area (Å²) in [6.07, 6.45) is 6.58. The van der Waals surface area contributed by atoms with Crippen LogP contribution in [0.2, 0.25) is 0 Å².